The van der Waals surface area contributed by atoms with Gasteiger partial charge in [0.05, 0.1) is 13.1 Å². The summed E-state index contributed by atoms with van der Waals surface area (Å²) in [5.41, 5.74) is -0.507. The summed E-state index contributed by atoms with van der Waals surface area (Å²) in [6.07, 6.45) is 0.0533. The molecule has 1 aliphatic heterocycles. The van der Waals surface area contributed by atoms with E-state index in [2.05, 4.69) is 5.32 Å². The predicted molar refractivity (Wildman–Crippen MR) is 83.3 cm³/mol. The first-order chi connectivity index (χ1) is 9.97. The van der Waals surface area contributed by atoms with Crippen molar-refractivity contribution in [3.63, 3.8) is 0 Å². The van der Waals surface area contributed by atoms with E-state index in [1.54, 1.807) is 32.7 Å². The quantitative estimate of drug-likeness (QED) is 0.793. The highest BCUT2D eigenvalue weighted by molar-refractivity contribution is 5.71. The van der Waals surface area contributed by atoms with Crippen LogP contribution in [0.4, 0.5) is 13.6 Å². The Balaban J connectivity index is 0. The van der Waals surface area contributed by atoms with E-state index in [4.69, 9.17) is 4.74 Å². The molecule has 7 heteroatoms. The largest absolute Gasteiger partial charge is 0.444 e. The number of halogens is 2. The van der Waals surface area contributed by atoms with E-state index in [9.17, 15) is 18.4 Å². The number of nitrogens with one attached hydrogen (secondary N) is 1. The standard InChI is InChI=1S/C7H13NO3.C6H11F2N.C2H6/c1-7(2,3)11-6(10)8-4-5-9;1-5-3-6(7,8)4-9(5)2;1-2/h5H,4H2,1-3H3,(H,8,10);5H,3-4H2,1-2H3;1-2H3. The molecule has 0 bridgehead atoms. The summed E-state index contributed by atoms with van der Waals surface area (Å²) in [6, 6.07) is 0.0417. The molecule has 0 aromatic heterocycles. The second-order valence-electron chi connectivity index (χ2n) is 5.87. The van der Waals surface area contributed by atoms with Gasteiger partial charge >= 0.3 is 6.09 Å². The number of nitrogens with zero attached hydrogens (tertiary/aromatic N) is 1. The van der Waals surface area contributed by atoms with E-state index >= 15 is 0 Å². The lowest BCUT2D eigenvalue weighted by Crippen LogP contribution is -2.33. The first-order valence-corrected chi connectivity index (χ1v) is 7.45. The summed E-state index contributed by atoms with van der Waals surface area (Å²) < 4.78 is 29.6. The van der Waals surface area contributed by atoms with Crippen LogP contribution in [0.3, 0.4) is 0 Å². The van der Waals surface area contributed by atoms with Gasteiger partial charge in [-0.15, -0.1) is 0 Å². The molecule has 1 heterocycles. The Bertz CT molecular complexity index is 319. The summed E-state index contributed by atoms with van der Waals surface area (Å²) in [5, 5.41) is 2.26. The molecule has 0 aromatic rings. The van der Waals surface area contributed by atoms with Crippen LogP contribution in [0.15, 0.2) is 0 Å². The summed E-state index contributed by atoms with van der Waals surface area (Å²) in [4.78, 5) is 22.2. The molecule has 1 aliphatic rings. The maximum Gasteiger partial charge on any atom is 0.408 e. The second kappa shape index (κ2) is 10.5. The van der Waals surface area contributed by atoms with Crippen molar-refractivity contribution >= 4 is 12.4 Å². The number of carbonyl (C=O) groups excluding carboxylic acids is 2. The number of hydrogen-bond acceptors (Lipinski definition) is 4. The average molecular weight is 324 g/mol. The number of alkyl halides is 2. The number of hydrogen-bond donors (Lipinski definition) is 1. The summed E-state index contributed by atoms with van der Waals surface area (Å²) in [7, 11) is 1.73. The zero-order chi connectivity index (χ0) is 18.0. The fourth-order valence-electron chi connectivity index (χ4n) is 1.61. The molecule has 22 heavy (non-hydrogen) atoms. The smallest absolute Gasteiger partial charge is 0.408 e. The first kappa shape index (κ1) is 23.0. The highest BCUT2D eigenvalue weighted by atomic mass is 19.3. The molecule has 1 amide bonds. The van der Waals surface area contributed by atoms with Gasteiger partial charge in [-0.1, -0.05) is 13.8 Å². The van der Waals surface area contributed by atoms with Crippen molar-refractivity contribution in [3.05, 3.63) is 0 Å². The van der Waals surface area contributed by atoms with Gasteiger partial charge in [0.25, 0.3) is 5.92 Å². The zero-order valence-electron chi connectivity index (χ0n) is 14.7. The van der Waals surface area contributed by atoms with Gasteiger partial charge < -0.3 is 14.8 Å². The minimum absolute atomic E-state index is 0.00505. The molecule has 0 radical (unpaired) electrons. The van der Waals surface area contributed by atoms with Crippen molar-refractivity contribution < 1.29 is 23.1 Å². The lowest BCUT2D eigenvalue weighted by molar-refractivity contribution is -0.107. The minimum atomic E-state index is -2.44. The number of alkyl carbamates (subject to hydrolysis) is 1. The third-order valence-electron chi connectivity index (χ3n) is 2.56. The Morgan fingerprint density at radius 1 is 1.41 bits per heavy atom. The van der Waals surface area contributed by atoms with Crippen LogP contribution in [0.2, 0.25) is 0 Å². The predicted octanol–water partition coefficient (Wildman–Crippen LogP) is 3.08. The Morgan fingerprint density at radius 3 is 2.14 bits per heavy atom. The van der Waals surface area contributed by atoms with Crippen LogP contribution in [0.5, 0.6) is 0 Å². The van der Waals surface area contributed by atoms with Gasteiger partial charge in [-0.3, -0.25) is 4.90 Å². The Kier molecular flexibility index (Phi) is 11.0. The number of carbonyl (C=O) groups is 2. The molecule has 1 unspecified atom stereocenters. The molecule has 0 aliphatic carbocycles. The molecule has 0 aromatic carbocycles. The van der Waals surface area contributed by atoms with Gasteiger partial charge in [-0.25, -0.2) is 13.6 Å². The molecule has 5 nitrogen and oxygen atoms in total. The third-order valence-corrected chi connectivity index (χ3v) is 2.56. The molecule has 132 valence electrons. The van der Waals surface area contributed by atoms with Crippen LogP contribution < -0.4 is 5.32 Å². The van der Waals surface area contributed by atoms with Crippen LogP contribution in [-0.2, 0) is 9.53 Å². The van der Waals surface area contributed by atoms with Crippen molar-refractivity contribution in [2.24, 2.45) is 0 Å². The molecule has 1 atom stereocenters. The second-order valence-corrected chi connectivity index (χ2v) is 5.87. The normalized spacial score (nSPS) is 20.0. The van der Waals surface area contributed by atoms with E-state index in [1.807, 2.05) is 20.8 Å². The summed E-state index contributed by atoms with van der Waals surface area (Å²) in [6.45, 7) is 11.0. The maximum atomic E-state index is 12.4. The van der Waals surface area contributed by atoms with Gasteiger partial charge in [0.2, 0.25) is 0 Å². The number of amides is 1. The van der Waals surface area contributed by atoms with E-state index in [0.717, 1.165) is 0 Å². The van der Waals surface area contributed by atoms with Crippen LogP contribution in [0.1, 0.15) is 48.0 Å². The maximum absolute atomic E-state index is 12.4. The molecule has 0 saturated carbocycles. The number of ether oxygens (including phenoxy) is 1. The summed E-state index contributed by atoms with van der Waals surface area (Å²) >= 11 is 0. The van der Waals surface area contributed by atoms with Crippen molar-refractivity contribution in [2.75, 3.05) is 20.1 Å². The van der Waals surface area contributed by atoms with Gasteiger partial charge in [0, 0.05) is 12.5 Å². The van der Waals surface area contributed by atoms with Crippen LogP contribution in [0.25, 0.3) is 0 Å². The molecular weight excluding hydrogens is 294 g/mol. The van der Waals surface area contributed by atoms with E-state index in [1.165, 1.54) is 0 Å². The van der Waals surface area contributed by atoms with E-state index in [0.29, 0.717) is 6.29 Å². The first-order valence-electron chi connectivity index (χ1n) is 7.45. The minimum Gasteiger partial charge on any atom is -0.444 e. The Morgan fingerprint density at radius 2 is 1.91 bits per heavy atom. The SMILES string of the molecule is CC.CC(C)(C)OC(=O)NCC=O.CC1CC(F)(F)CN1C. The van der Waals surface area contributed by atoms with Crippen molar-refractivity contribution in [2.45, 2.75) is 65.5 Å². The molecule has 1 fully saturated rings. The van der Waals surface area contributed by atoms with Crippen molar-refractivity contribution in [3.8, 4) is 0 Å². The van der Waals surface area contributed by atoms with Gasteiger partial charge in [-0.05, 0) is 34.7 Å². The molecule has 0 spiro atoms. The van der Waals surface area contributed by atoms with Gasteiger partial charge in [0.1, 0.15) is 11.9 Å². The van der Waals surface area contributed by atoms with Crippen molar-refractivity contribution in [1.29, 1.82) is 0 Å². The lowest BCUT2D eigenvalue weighted by atomic mass is 10.2. The number of likely N-dealkylation sites (tertiary alicyclic amines) is 1. The highest BCUT2D eigenvalue weighted by Gasteiger charge is 2.40. The fraction of sp³-hybridized carbons (Fsp3) is 0.867. The molecule has 1 saturated heterocycles. The third kappa shape index (κ3) is 12.5. The zero-order valence-corrected chi connectivity index (χ0v) is 14.7. The topological polar surface area (TPSA) is 58.6 Å². The average Bonchev–Trinajstić information content (AvgIpc) is 2.59. The molecule has 1 rings (SSSR count). The van der Waals surface area contributed by atoms with Crippen molar-refractivity contribution in [1.82, 2.24) is 10.2 Å². The van der Waals surface area contributed by atoms with E-state index in [-0.39, 0.29) is 25.6 Å². The number of aldehydes is 1. The summed E-state index contributed by atoms with van der Waals surface area (Å²) in [5.74, 6) is -2.44. The fourth-order valence-corrected chi connectivity index (χ4v) is 1.61. The lowest BCUT2D eigenvalue weighted by Gasteiger charge is -2.18. The Labute approximate surface area is 132 Å². The molecule has 1 N–H and O–H groups in total. The van der Waals surface area contributed by atoms with Gasteiger partial charge in [-0.2, -0.15) is 0 Å². The Hall–Kier alpha value is -1.24. The molecular formula is C15H30F2N2O3. The monoisotopic (exact) mass is 324 g/mol. The van der Waals surface area contributed by atoms with Crippen LogP contribution in [-0.4, -0.2) is 55.0 Å². The van der Waals surface area contributed by atoms with E-state index < -0.39 is 17.6 Å². The van der Waals surface area contributed by atoms with Gasteiger partial charge in [0.15, 0.2) is 0 Å². The number of rotatable bonds is 2. The van der Waals surface area contributed by atoms with Crippen LogP contribution >= 0.6 is 0 Å². The van der Waals surface area contributed by atoms with Crippen LogP contribution in [0, 0.1) is 0 Å². The highest BCUT2D eigenvalue weighted by Crippen LogP contribution is 2.29.